The first-order valence-corrected chi connectivity index (χ1v) is 7.26. The highest BCUT2D eigenvalue weighted by Gasteiger charge is 2.24. The summed E-state index contributed by atoms with van der Waals surface area (Å²) >= 11 is 0. The van der Waals surface area contributed by atoms with Crippen LogP contribution in [0, 0.1) is 10.8 Å². The highest BCUT2D eigenvalue weighted by Crippen LogP contribution is 2.29. The average molecular weight is 275 g/mol. The number of hydrogen-bond donors (Lipinski definition) is 2. The SMILES string of the molecule is CC1(C)CCN(CCOc2ccc(C(=N)N)cc2)CC1. The first-order valence-electron chi connectivity index (χ1n) is 7.26. The van der Waals surface area contributed by atoms with E-state index in [1.807, 2.05) is 24.3 Å². The van der Waals surface area contributed by atoms with Gasteiger partial charge in [0.2, 0.25) is 0 Å². The lowest BCUT2D eigenvalue weighted by Crippen LogP contribution is -2.39. The predicted octanol–water partition coefficient (Wildman–Crippen LogP) is 2.47. The maximum atomic E-state index is 7.34. The molecular weight excluding hydrogens is 250 g/mol. The molecule has 4 heteroatoms. The average Bonchev–Trinajstić information content (AvgIpc) is 2.41. The molecule has 1 heterocycles. The van der Waals surface area contributed by atoms with Gasteiger partial charge in [0, 0.05) is 12.1 Å². The van der Waals surface area contributed by atoms with Gasteiger partial charge in [-0.25, -0.2) is 0 Å². The molecule has 1 aromatic rings. The number of nitrogens with zero attached hydrogens (tertiary/aromatic N) is 1. The summed E-state index contributed by atoms with van der Waals surface area (Å²) < 4.78 is 5.74. The second-order valence-electron chi connectivity index (χ2n) is 6.29. The van der Waals surface area contributed by atoms with E-state index in [9.17, 15) is 0 Å². The summed E-state index contributed by atoms with van der Waals surface area (Å²) in [6, 6.07) is 7.38. The maximum absolute atomic E-state index is 7.34. The lowest BCUT2D eigenvalue weighted by molar-refractivity contribution is 0.116. The van der Waals surface area contributed by atoms with Crippen LogP contribution in [-0.4, -0.2) is 37.0 Å². The van der Waals surface area contributed by atoms with Crippen LogP contribution in [0.1, 0.15) is 32.3 Å². The largest absolute Gasteiger partial charge is 0.492 e. The van der Waals surface area contributed by atoms with E-state index >= 15 is 0 Å². The van der Waals surface area contributed by atoms with E-state index < -0.39 is 0 Å². The number of likely N-dealkylation sites (tertiary alicyclic amines) is 1. The highest BCUT2D eigenvalue weighted by molar-refractivity contribution is 5.94. The number of nitrogens with one attached hydrogen (secondary N) is 1. The van der Waals surface area contributed by atoms with Crippen molar-refractivity contribution < 1.29 is 4.74 Å². The van der Waals surface area contributed by atoms with Crippen molar-refractivity contribution in [2.75, 3.05) is 26.2 Å². The van der Waals surface area contributed by atoms with Crippen molar-refractivity contribution in [1.82, 2.24) is 4.90 Å². The van der Waals surface area contributed by atoms with E-state index in [-0.39, 0.29) is 5.84 Å². The van der Waals surface area contributed by atoms with Crippen molar-refractivity contribution in [1.29, 1.82) is 5.41 Å². The van der Waals surface area contributed by atoms with Gasteiger partial charge < -0.3 is 10.5 Å². The third kappa shape index (κ3) is 4.23. The molecular formula is C16H25N3O. The molecule has 4 nitrogen and oxygen atoms in total. The molecule has 0 aliphatic carbocycles. The Hall–Kier alpha value is -1.55. The smallest absolute Gasteiger partial charge is 0.122 e. The van der Waals surface area contributed by atoms with Crippen LogP contribution in [0.4, 0.5) is 0 Å². The molecule has 1 aromatic carbocycles. The fourth-order valence-corrected chi connectivity index (χ4v) is 2.41. The third-order valence-electron chi connectivity index (χ3n) is 4.05. The molecule has 1 fully saturated rings. The monoisotopic (exact) mass is 275 g/mol. The van der Waals surface area contributed by atoms with E-state index in [0.29, 0.717) is 12.0 Å². The minimum atomic E-state index is 0.0903. The Morgan fingerprint density at radius 2 is 1.85 bits per heavy atom. The van der Waals surface area contributed by atoms with Crippen molar-refractivity contribution in [2.45, 2.75) is 26.7 Å². The molecule has 1 aliphatic rings. The molecule has 0 unspecified atom stereocenters. The molecule has 1 aliphatic heterocycles. The number of ether oxygens (including phenoxy) is 1. The molecule has 0 spiro atoms. The molecule has 0 atom stereocenters. The minimum Gasteiger partial charge on any atom is -0.492 e. The van der Waals surface area contributed by atoms with Gasteiger partial charge >= 0.3 is 0 Å². The van der Waals surface area contributed by atoms with Crippen LogP contribution in [0.3, 0.4) is 0 Å². The van der Waals surface area contributed by atoms with Gasteiger partial charge in [0.05, 0.1) is 0 Å². The Labute approximate surface area is 121 Å². The van der Waals surface area contributed by atoms with Crippen LogP contribution in [-0.2, 0) is 0 Å². The summed E-state index contributed by atoms with van der Waals surface area (Å²) in [7, 11) is 0. The van der Waals surface area contributed by atoms with Crippen molar-refractivity contribution in [3.63, 3.8) is 0 Å². The summed E-state index contributed by atoms with van der Waals surface area (Å²) in [6.45, 7) is 8.71. The first kappa shape index (κ1) is 14.9. The fourth-order valence-electron chi connectivity index (χ4n) is 2.41. The van der Waals surface area contributed by atoms with E-state index in [2.05, 4.69) is 18.7 Å². The lowest BCUT2D eigenvalue weighted by Gasteiger charge is -2.36. The second kappa shape index (κ2) is 6.27. The van der Waals surface area contributed by atoms with Gasteiger partial charge in [-0.2, -0.15) is 0 Å². The number of nitrogens with two attached hydrogens (primary N) is 1. The van der Waals surface area contributed by atoms with Gasteiger partial charge in [-0.15, -0.1) is 0 Å². The normalized spacial score (nSPS) is 18.7. The minimum absolute atomic E-state index is 0.0903. The summed E-state index contributed by atoms with van der Waals surface area (Å²) in [6.07, 6.45) is 2.53. The van der Waals surface area contributed by atoms with Crippen LogP contribution < -0.4 is 10.5 Å². The Morgan fingerprint density at radius 3 is 2.40 bits per heavy atom. The molecule has 0 bridgehead atoms. The van der Waals surface area contributed by atoms with Crippen LogP contribution in [0.25, 0.3) is 0 Å². The summed E-state index contributed by atoms with van der Waals surface area (Å²) in [5.41, 5.74) is 6.65. The Kier molecular flexibility index (Phi) is 4.65. The van der Waals surface area contributed by atoms with Crippen molar-refractivity contribution in [3.8, 4) is 5.75 Å². The van der Waals surface area contributed by atoms with Crippen LogP contribution in [0.5, 0.6) is 5.75 Å². The first-order chi connectivity index (χ1) is 9.46. The Bertz CT molecular complexity index is 443. The van der Waals surface area contributed by atoms with Crippen molar-refractivity contribution in [2.24, 2.45) is 11.1 Å². The second-order valence-corrected chi connectivity index (χ2v) is 6.29. The highest BCUT2D eigenvalue weighted by atomic mass is 16.5. The van der Waals surface area contributed by atoms with Crippen LogP contribution in [0.15, 0.2) is 24.3 Å². The van der Waals surface area contributed by atoms with Gasteiger partial charge in [0.25, 0.3) is 0 Å². The molecule has 20 heavy (non-hydrogen) atoms. The van der Waals surface area contributed by atoms with Gasteiger partial charge in [0.1, 0.15) is 18.2 Å². The number of piperidine rings is 1. The zero-order valence-corrected chi connectivity index (χ0v) is 12.5. The topological polar surface area (TPSA) is 62.3 Å². The molecule has 0 radical (unpaired) electrons. The van der Waals surface area contributed by atoms with Crippen molar-refractivity contribution in [3.05, 3.63) is 29.8 Å². The number of benzene rings is 1. The van der Waals surface area contributed by atoms with Crippen molar-refractivity contribution >= 4 is 5.84 Å². The Balaban J connectivity index is 1.72. The Morgan fingerprint density at radius 1 is 1.25 bits per heavy atom. The summed E-state index contributed by atoms with van der Waals surface area (Å²) in [4.78, 5) is 2.47. The fraction of sp³-hybridized carbons (Fsp3) is 0.562. The number of rotatable bonds is 5. The lowest BCUT2D eigenvalue weighted by atomic mass is 9.83. The quantitative estimate of drug-likeness (QED) is 0.641. The molecule has 0 saturated carbocycles. The predicted molar refractivity (Wildman–Crippen MR) is 82.4 cm³/mol. The number of amidine groups is 1. The molecule has 2 rings (SSSR count). The van der Waals surface area contributed by atoms with Gasteiger partial charge in [-0.3, -0.25) is 10.3 Å². The van der Waals surface area contributed by atoms with E-state index in [4.69, 9.17) is 15.9 Å². The summed E-state index contributed by atoms with van der Waals surface area (Å²) in [5.74, 6) is 0.930. The van der Waals surface area contributed by atoms with Crippen LogP contribution >= 0.6 is 0 Å². The molecule has 1 saturated heterocycles. The maximum Gasteiger partial charge on any atom is 0.122 e. The van der Waals surface area contributed by atoms with E-state index in [1.165, 1.54) is 25.9 Å². The zero-order valence-electron chi connectivity index (χ0n) is 12.5. The summed E-state index contributed by atoms with van der Waals surface area (Å²) in [5, 5.41) is 7.34. The van der Waals surface area contributed by atoms with Gasteiger partial charge in [-0.1, -0.05) is 13.8 Å². The van der Waals surface area contributed by atoms with Crippen LogP contribution in [0.2, 0.25) is 0 Å². The van der Waals surface area contributed by atoms with E-state index in [1.54, 1.807) is 0 Å². The number of hydrogen-bond acceptors (Lipinski definition) is 3. The molecule has 0 amide bonds. The van der Waals surface area contributed by atoms with Gasteiger partial charge in [-0.05, 0) is 55.6 Å². The standard InChI is InChI=1S/C16H25N3O/c1-16(2)7-9-19(10-8-16)11-12-20-14-5-3-13(4-6-14)15(17)18/h3-6H,7-12H2,1-2H3,(H3,17,18). The number of nitrogen functional groups attached to an aromatic ring is 1. The van der Waals surface area contributed by atoms with Gasteiger partial charge in [0.15, 0.2) is 0 Å². The molecule has 110 valence electrons. The van der Waals surface area contributed by atoms with E-state index in [0.717, 1.165) is 17.9 Å². The third-order valence-corrected chi connectivity index (χ3v) is 4.05. The molecule has 0 aromatic heterocycles. The molecule has 3 N–H and O–H groups in total. The zero-order chi connectivity index (χ0) is 14.6.